The Bertz CT molecular complexity index is 731. The molecule has 0 aliphatic carbocycles. The highest BCUT2D eigenvalue weighted by Gasteiger charge is 2.16. The Morgan fingerprint density at radius 1 is 1.26 bits per heavy atom. The Balaban J connectivity index is 1.92. The SMILES string of the molecule is CC(C)c1nc(CNC(=O)C(=O)Nc2cc(F)ccc2F)cs1. The topological polar surface area (TPSA) is 71.1 Å². The number of rotatable bonds is 4. The molecule has 0 radical (unpaired) electrons. The van der Waals surface area contributed by atoms with Crippen LogP contribution in [0.15, 0.2) is 23.6 Å². The van der Waals surface area contributed by atoms with Gasteiger partial charge in [0.1, 0.15) is 11.6 Å². The standard InChI is InChI=1S/C15H15F2N3O2S/c1-8(2)15-19-10(7-23-15)6-18-13(21)14(22)20-12-5-9(16)3-4-11(12)17/h3-5,7-8H,6H2,1-2H3,(H,18,21)(H,20,22). The van der Waals surface area contributed by atoms with Crippen molar-refractivity contribution in [2.45, 2.75) is 26.3 Å². The summed E-state index contributed by atoms with van der Waals surface area (Å²) in [6.45, 7) is 4.09. The highest BCUT2D eigenvalue weighted by molar-refractivity contribution is 7.09. The third-order valence-corrected chi connectivity index (χ3v) is 4.07. The largest absolute Gasteiger partial charge is 0.342 e. The molecule has 122 valence electrons. The van der Waals surface area contributed by atoms with Gasteiger partial charge >= 0.3 is 11.8 Å². The van der Waals surface area contributed by atoms with E-state index in [-0.39, 0.29) is 18.2 Å². The number of halogens is 2. The van der Waals surface area contributed by atoms with Crippen molar-refractivity contribution >= 4 is 28.8 Å². The maximum Gasteiger partial charge on any atom is 0.313 e. The molecule has 0 saturated carbocycles. The van der Waals surface area contributed by atoms with E-state index in [1.54, 1.807) is 5.38 Å². The fraction of sp³-hybridized carbons (Fsp3) is 0.267. The highest BCUT2D eigenvalue weighted by Crippen LogP contribution is 2.19. The number of nitrogens with zero attached hydrogens (tertiary/aromatic N) is 1. The first-order valence-electron chi connectivity index (χ1n) is 6.85. The molecule has 0 fully saturated rings. The van der Waals surface area contributed by atoms with E-state index in [1.807, 2.05) is 19.2 Å². The van der Waals surface area contributed by atoms with E-state index in [4.69, 9.17) is 0 Å². The van der Waals surface area contributed by atoms with Crippen LogP contribution in [0.1, 0.15) is 30.5 Å². The Morgan fingerprint density at radius 3 is 2.65 bits per heavy atom. The van der Waals surface area contributed by atoms with Gasteiger partial charge in [-0.05, 0) is 12.1 Å². The average Bonchev–Trinajstić information content (AvgIpc) is 2.97. The zero-order chi connectivity index (χ0) is 17.0. The smallest absolute Gasteiger partial charge is 0.313 e. The van der Waals surface area contributed by atoms with Crippen molar-refractivity contribution in [3.05, 3.63) is 45.9 Å². The van der Waals surface area contributed by atoms with Crippen molar-refractivity contribution in [1.82, 2.24) is 10.3 Å². The number of aromatic nitrogens is 1. The molecular weight excluding hydrogens is 324 g/mol. The lowest BCUT2D eigenvalue weighted by atomic mass is 10.2. The summed E-state index contributed by atoms with van der Waals surface area (Å²) in [6, 6.07) is 2.58. The summed E-state index contributed by atoms with van der Waals surface area (Å²) in [4.78, 5) is 27.7. The van der Waals surface area contributed by atoms with Gasteiger partial charge in [0.25, 0.3) is 0 Å². The van der Waals surface area contributed by atoms with Gasteiger partial charge in [0.15, 0.2) is 0 Å². The van der Waals surface area contributed by atoms with Crippen LogP contribution in [-0.4, -0.2) is 16.8 Å². The lowest BCUT2D eigenvalue weighted by Gasteiger charge is -2.06. The van der Waals surface area contributed by atoms with Gasteiger partial charge in [0.05, 0.1) is 22.9 Å². The fourth-order valence-electron chi connectivity index (χ4n) is 1.69. The van der Waals surface area contributed by atoms with Crippen LogP contribution in [0.4, 0.5) is 14.5 Å². The van der Waals surface area contributed by atoms with Crippen LogP contribution in [0.3, 0.4) is 0 Å². The first-order chi connectivity index (χ1) is 10.9. The van der Waals surface area contributed by atoms with E-state index in [0.717, 1.165) is 23.2 Å². The third kappa shape index (κ3) is 4.56. The van der Waals surface area contributed by atoms with Gasteiger partial charge in [-0.1, -0.05) is 13.8 Å². The van der Waals surface area contributed by atoms with E-state index in [1.165, 1.54) is 11.3 Å². The average molecular weight is 339 g/mol. The van der Waals surface area contributed by atoms with Crippen LogP contribution in [-0.2, 0) is 16.1 Å². The molecule has 2 N–H and O–H groups in total. The van der Waals surface area contributed by atoms with Crippen molar-refractivity contribution in [2.75, 3.05) is 5.32 Å². The lowest BCUT2D eigenvalue weighted by Crippen LogP contribution is -2.35. The second kappa shape index (κ2) is 7.28. The molecule has 0 saturated heterocycles. The number of carbonyl (C=O) groups excluding carboxylic acids is 2. The number of hydrogen-bond acceptors (Lipinski definition) is 4. The van der Waals surface area contributed by atoms with Gasteiger partial charge < -0.3 is 10.6 Å². The number of nitrogens with one attached hydrogen (secondary N) is 2. The van der Waals surface area contributed by atoms with Gasteiger partial charge in [0, 0.05) is 17.4 Å². The van der Waals surface area contributed by atoms with Crippen LogP contribution in [0.25, 0.3) is 0 Å². The van der Waals surface area contributed by atoms with Gasteiger partial charge in [-0.15, -0.1) is 11.3 Å². The number of thiazole rings is 1. The normalized spacial score (nSPS) is 10.7. The number of hydrogen-bond donors (Lipinski definition) is 2. The molecule has 8 heteroatoms. The molecule has 2 rings (SSSR count). The van der Waals surface area contributed by atoms with Crippen molar-refractivity contribution < 1.29 is 18.4 Å². The molecule has 0 aliphatic rings. The van der Waals surface area contributed by atoms with E-state index in [9.17, 15) is 18.4 Å². The van der Waals surface area contributed by atoms with E-state index in [2.05, 4.69) is 10.3 Å². The van der Waals surface area contributed by atoms with Gasteiger partial charge in [-0.25, -0.2) is 13.8 Å². The summed E-state index contributed by atoms with van der Waals surface area (Å²) in [5, 5.41) is 7.13. The predicted octanol–water partition coefficient (Wildman–Crippen LogP) is 2.80. The summed E-state index contributed by atoms with van der Waals surface area (Å²) in [5.41, 5.74) is 0.248. The predicted molar refractivity (Wildman–Crippen MR) is 83.0 cm³/mol. The minimum atomic E-state index is -1.08. The molecule has 2 aromatic rings. The monoisotopic (exact) mass is 339 g/mol. The second-order valence-corrected chi connectivity index (χ2v) is 5.98. The molecule has 0 atom stereocenters. The van der Waals surface area contributed by atoms with Crippen molar-refractivity contribution in [1.29, 1.82) is 0 Å². The highest BCUT2D eigenvalue weighted by atomic mass is 32.1. The van der Waals surface area contributed by atoms with Gasteiger partial charge in [0.2, 0.25) is 0 Å². The van der Waals surface area contributed by atoms with Crippen LogP contribution in [0, 0.1) is 11.6 Å². The van der Waals surface area contributed by atoms with Crippen molar-refractivity contribution in [3.8, 4) is 0 Å². The first-order valence-corrected chi connectivity index (χ1v) is 7.73. The van der Waals surface area contributed by atoms with Gasteiger partial charge in [-0.2, -0.15) is 0 Å². The van der Waals surface area contributed by atoms with E-state index in [0.29, 0.717) is 5.69 Å². The van der Waals surface area contributed by atoms with Crippen molar-refractivity contribution in [2.24, 2.45) is 0 Å². The molecule has 1 aromatic carbocycles. The third-order valence-electron chi connectivity index (χ3n) is 2.88. The van der Waals surface area contributed by atoms with E-state index >= 15 is 0 Å². The molecular formula is C15H15F2N3O2S. The Morgan fingerprint density at radius 2 is 2.00 bits per heavy atom. The van der Waals surface area contributed by atoms with Crippen LogP contribution < -0.4 is 10.6 Å². The Hall–Kier alpha value is -2.35. The molecule has 2 amide bonds. The maximum absolute atomic E-state index is 13.4. The molecule has 1 aromatic heterocycles. The molecule has 0 bridgehead atoms. The zero-order valence-corrected chi connectivity index (χ0v) is 13.3. The molecule has 0 aliphatic heterocycles. The minimum absolute atomic E-state index is 0.0844. The molecule has 1 heterocycles. The lowest BCUT2D eigenvalue weighted by molar-refractivity contribution is -0.136. The Labute approximate surface area is 135 Å². The van der Waals surface area contributed by atoms with Crippen LogP contribution >= 0.6 is 11.3 Å². The molecule has 0 spiro atoms. The van der Waals surface area contributed by atoms with Crippen molar-refractivity contribution in [3.63, 3.8) is 0 Å². The van der Waals surface area contributed by atoms with E-state index < -0.39 is 23.4 Å². The Kier molecular flexibility index (Phi) is 5.38. The number of amides is 2. The number of benzene rings is 1. The van der Waals surface area contributed by atoms with Gasteiger partial charge in [-0.3, -0.25) is 9.59 Å². The first kappa shape index (κ1) is 17.0. The van der Waals surface area contributed by atoms with Crippen LogP contribution in [0.5, 0.6) is 0 Å². The molecule has 23 heavy (non-hydrogen) atoms. The zero-order valence-electron chi connectivity index (χ0n) is 12.5. The summed E-state index contributed by atoms with van der Waals surface area (Å²) >= 11 is 1.47. The fourth-order valence-corrected chi connectivity index (χ4v) is 2.53. The maximum atomic E-state index is 13.4. The molecule has 5 nitrogen and oxygen atoms in total. The van der Waals surface area contributed by atoms with Crippen LogP contribution in [0.2, 0.25) is 0 Å². The summed E-state index contributed by atoms with van der Waals surface area (Å²) in [5.74, 6) is -3.29. The number of carbonyl (C=O) groups is 2. The quantitative estimate of drug-likeness (QED) is 0.842. The molecule has 0 unspecified atom stereocenters. The summed E-state index contributed by atoms with van der Waals surface area (Å²) in [7, 11) is 0. The summed E-state index contributed by atoms with van der Waals surface area (Å²) < 4.78 is 26.4. The summed E-state index contributed by atoms with van der Waals surface area (Å²) in [6.07, 6.45) is 0. The second-order valence-electron chi connectivity index (χ2n) is 5.09. The minimum Gasteiger partial charge on any atom is -0.342 e. The number of anilines is 1.